The first-order valence-corrected chi connectivity index (χ1v) is 6.66. The third-order valence-corrected chi connectivity index (χ3v) is 3.27. The van der Waals surface area contributed by atoms with E-state index in [-0.39, 0.29) is 5.91 Å². The molecule has 0 aliphatic rings. The number of halogens is 1. The summed E-state index contributed by atoms with van der Waals surface area (Å²) in [5.41, 5.74) is 2.74. The summed E-state index contributed by atoms with van der Waals surface area (Å²) in [6, 6.07) is 8.05. The summed E-state index contributed by atoms with van der Waals surface area (Å²) in [5.74, 6) is 0.362. The molecule has 1 N–H and O–H groups in total. The standard InChI is InChI=1S/C13H13BrN2O2/c1-9-12(8-16-18-9)13(17)15-7-11-4-2-10(6-14)3-5-11/h2-5,8H,6-7H2,1H3,(H,15,17). The average molecular weight is 309 g/mol. The number of carbonyl (C=O) groups is 1. The summed E-state index contributed by atoms with van der Waals surface area (Å²) in [6.07, 6.45) is 1.43. The van der Waals surface area contributed by atoms with Crippen molar-refractivity contribution in [3.63, 3.8) is 0 Å². The molecule has 1 aromatic heterocycles. The molecular formula is C13H13BrN2O2. The minimum absolute atomic E-state index is 0.168. The monoisotopic (exact) mass is 308 g/mol. The Kier molecular flexibility index (Phi) is 4.15. The minimum Gasteiger partial charge on any atom is -0.361 e. The number of hydrogen-bond acceptors (Lipinski definition) is 3. The van der Waals surface area contributed by atoms with Crippen molar-refractivity contribution in [3.05, 3.63) is 52.9 Å². The minimum atomic E-state index is -0.168. The van der Waals surface area contributed by atoms with Crippen LogP contribution in [0, 0.1) is 6.92 Å². The SMILES string of the molecule is Cc1oncc1C(=O)NCc1ccc(CBr)cc1. The lowest BCUT2D eigenvalue weighted by molar-refractivity contribution is 0.0949. The Morgan fingerprint density at radius 1 is 1.33 bits per heavy atom. The van der Waals surface area contributed by atoms with E-state index in [0.29, 0.717) is 17.9 Å². The van der Waals surface area contributed by atoms with Gasteiger partial charge in [0, 0.05) is 11.9 Å². The number of nitrogens with zero attached hydrogens (tertiary/aromatic N) is 1. The van der Waals surface area contributed by atoms with Crippen LogP contribution in [0.25, 0.3) is 0 Å². The fourth-order valence-corrected chi connectivity index (χ4v) is 1.91. The van der Waals surface area contributed by atoms with E-state index in [1.807, 2.05) is 24.3 Å². The maximum atomic E-state index is 11.8. The van der Waals surface area contributed by atoms with Crippen molar-refractivity contribution in [2.75, 3.05) is 0 Å². The molecule has 0 unspecified atom stereocenters. The number of alkyl halides is 1. The van der Waals surface area contributed by atoms with Gasteiger partial charge in [0.05, 0.1) is 6.20 Å². The average Bonchev–Trinajstić information content (AvgIpc) is 2.83. The molecule has 1 aromatic carbocycles. The van der Waals surface area contributed by atoms with E-state index < -0.39 is 0 Å². The molecule has 2 rings (SSSR count). The van der Waals surface area contributed by atoms with E-state index in [2.05, 4.69) is 26.4 Å². The van der Waals surface area contributed by atoms with Gasteiger partial charge in [-0.3, -0.25) is 4.79 Å². The van der Waals surface area contributed by atoms with Crippen molar-refractivity contribution < 1.29 is 9.32 Å². The summed E-state index contributed by atoms with van der Waals surface area (Å²) in [7, 11) is 0. The number of amides is 1. The second-order valence-electron chi connectivity index (χ2n) is 3.93. The van der Waals surface area contributed by atoms with Crippen LogP contribution in [0.4, 0.5) is 0 Å². The number of carbonyl (C=O) groups excluding carboxylic acids is 1. The van der Waals surface area contributed by atoms with E-state index in [1.165, 1.54) is 11.8 Å². The third kappa shape index (κ3) is 2.98. The number of benzene rings is 1. The molecular weight excluding hydrogens is 296 g/mol. The molecule has 0 saturated heterocycles. The highest BCUT2D eigenvalue weighted by Gasteiger charge is 2.11. The first kappa shape index (κ1) is 12.8. The second kappa shape index (κ2) is 5.82. The van der Waals surface area contributed by atoms with Gasteiger partial charge < -0.3 is 9.84 Å². The molecule has 1 heterocycles. The number of aromatic nitrogens is 1. The lowest BCUT2D eigenvalue weighted by Gasteiger charge is -2.04. The molecule has 0 fully saturated rings. The smallest absolute Gasteiger partial charge is 0.256 e. The lowest BCUT2D eigenvalue weighted by Crippen LogP contribution is -2.22. The van der Waals surface area contributed by atoms with Crippen LogP contribution in [0.5, 0.6) is 0 Å². The first-order valence-electron chi connectivity index (χ1n) is 5.54. The van der Waals surface area contributed by atoms with Crippen molar-refractivity contribution in [1.82, 2.24) is 10.5 Å². The fourth-order valence-electron chi connectivity index (χ4n) is 1.54. The molecule has 0 spiro atoms. The van der Waals surface area contributed by atoms with Gasteiger partial charge in [-0.1, -0.05) is 45.4 Å². The summed E-state index contributed by atoms with van der Waals surface area (Å²) in [4.78, 5) is 11.8. The maximum Gasteiger partial charge on any atom is 0.256 e. The largest absolute Gasteiger partial charge is 0.361 e. The maximum absolute atomic E-state index is 11.8. The van der Waals surface area contributed by atoms with Gasteiger partial charge in [-0.15, -0.1) is 0 Å². The van der Waals surface area contributed by atoms with Gasteiger partial charge in [-0.2, -0.15) is 0 Å². The predicted octanol–water partition coefficient (Wildman–Crippen LogP) is 2.81. The molecule has 1 amide bonds. The number of nitrogens with one attached hydrogen (secondary N) is 1. The number of aryl methyl sites for hydroxylation is 1. The van der Waals surface area contributed by atoms with Gasteiger partial charge in [0.15, 0.2) is 0 Å². The summed E-state index contributed by atoms with van der Waals surface area (Å²) in [6.45, 7) is 2.21. The third-order valence-electron chi connectivity index (χ3n) is 2.63. The Morgan fingerprint density at radius 2 is 2.00 bits per heavy atom. The van der Waals surface area contributed by atoms with Crippen LogP contribution in [0.1, 0.15) is 27.2 Å². The summed E-state index contributed by atoms with van der Waals surface area (Å²) >= 11 is 3.39. The Bertz CT molecular complexity index is 534. The second-order valence-corrected chi connectivity index (χ2v) is 4.49. The predicted molar refractivity (Wildman–Crippen MR) is 71.5 cm³/mol. The normalized spacial score (nSPS) is 10.3. The highest BCUT2D eigenvalue weighted by molar-refractivity contribution is 9.08. The van der Waals surface area contributed by atoms with Crippen molar-refractivity contribution in [2.45, 2.75) is 18.8 Å². The number of hydrogen-bond donors (Lipinski definition) is 1. The van der Waals surface area contributed by atoms with E-state index in [4.69, 9.17) is 4.52 Å². The topological polar surface area (TPSA) is 55.1 Å². The molecule has 0 radical (unpaired) electrons. The van der Waals surface area contributed by atoms with Gasteiger partial charge in [0.2, 0.25) is 0 Å². The van der Waals surface area contributed by atoms with E-state index >= 15 is 0 Å². The van der Waals surface area contributed by atoms with Crippen molar-refractivity contribution in [1.29, 1.82) is 0 Å². The molecule has 0 saturated carbocycles. The quantitative estimate of drug-likeness (QED) is 0.884. The molecule has 0 aliphatic carbocycles. The van der Waals surface area contributed by atoms with Gasteiger partial charge in [-0.25, -0.2) is 0 Å². The lowest BCUT2D eigenvalue weighted by atomic mass is 10.1. The van der Waals surface area contributed by atoms with Gasteiger partial charge in [-0.05, 0) is 18.1 Å². The first-order chi connectivity index (χ1) is 8.70. The Labute approximate surface area is 113 Å². The fraction of sp³-hybridized carbons (Fsp3) is 0.231. The van der Waals surface area contributed by atoms with Gasteiger partial charge in [0.1, 0.15) is 11.3 Å². The van der Waals surface area contributed by atoms with Crippen molar-refractivity contribution in [3.8, 4) is 0 Å². The molecule has 18 heavy (non-hydrogen) atoms. The van der Waals surface area contributed by atoms with Crippen LogP contribution in [-0.2, 0) is 11.9 Å². The molecule has 0 aliphatic heterocycles. The van der Waals surface area contributed by atoms with E-state index in [1.54, 1.807) is 6.92 Å². The van der Waals surface area contributed by atoms with Crippen LogP contribution in [0.3, 0.4) is 0 Å². The van der Waals surface area contributed by atoms with Crippen molar-refractivity contribution in [2.24, 2.45) is 0 Å². The molecule has 2 aromatic rings. The zero-order valence-corrected chi connectivity index (χ0v) is 11.5. The zero-order chi connectivity index (χ0) is 13.0. The molecule has 0 atom stereocenters. The van der Waals surface area contributed by atoms with Crippen LogP contribution < -0.4 is 5.32 Å². The van der Waals surface area contributed by atoms with Crippen molar-refractivity contribution >= 4 is 21.8 Å². The molecule has 4 nitrogen and oxygen atoms in total. The summed E-state index contributed by atoms with van der Waals surface area (Å²) < 4.78 is 4.85. The molecule has 0 bridgehead atoms. The van der Waals surface area contributed by atoms with E-state index in [9.17, 15) is 4.79 Å². The molecule has 5 heteroatoms. The highest BCUT2D eigenvalue weighted by Crippen LogP contribution is 2.09. The Hall–Kier alpha value is -1.62. The van der Waals surface area contributed by atoms with Gasteiger partial charge >= 0.3 is 0 Å². The van der Waals surface area contributed by atoms with Gasteiger partial charge in [0.25, 0.3) is 5.91 Å². The highest BCUT2D eigenvalue weighted by atomic mass is 79.9. The van der Waals surface area contributed by atoms with Crippen LogP contribution in [-0.4, -0.2) is 11.1 Å². The van der Waals surface area contributed by atoms with Crippen LogP contribution in [0.2, 0.25) is 0 Å². The summed E-state index contributed by atoms with van der Waals surface area (Å²) in [5, 5.41) is 7.24. The molecule has 94 valence electrons. The van der Waals surface area contributed by atoms with Crippen LogP contribution in [0.15, 0.2) is 35.0 Å². The Morgan fingerprint density at radius 3 is 2.56 bits per heavy atom. The van der Waals surface area contributed by atoms with Crippen LogP contribution >= 0.6 is 15.9 Å². The number of rotatable bonds is 4. The Balaban J connectivity index is 1.95. The zero-order valence-electron chi connectivity index (χ0n) is 9.94. The van der Waals surface area contributed by atoms with E-state index in [0.717, 1.165) is 10.9 Å².